The Bertz CT molecular complexity index is 1400. The predicted molar refractivity (Wildman–Crippen MR) is 132 cm³/mol. The summed E-state index contributed by atoms with van der Waals surface area (Å²) in [4.78, 5) is 8.69. The molecule has 2 aromatic heterocycles. The molecule has 0 saturated heterocycles. The minimum atomic E-state index is -0.433. The number of nitrogens with one attached hydrogen (secondary N) is 5. The maximum Gasteiger partial charge on any atom is 0.180 e. The first-order valence-electron chi connectivity index (χ1n) is 10.7. The van der Waals surface area contributed by atoms with Crippen molar-refractivity contribution in [1.82, 2.24) is 26.4 Å². The van der Waals surface area contributed by atoms with Gasteiger partial charge in [0.25, 0.3) is 0 Å². The Labute approximate surface area is 205 Å². The van der Waals surface area contributed by atoms with E-state index in [1.165, 1.54) is 12.6 Å². The third-order valence-electron chi connectivity index (χ3n) is 5.62. The van der Waals surface area contributed by atoms with E-state index in [2.05, 4.69) is 43.1 Å². The lowest BCUT2D eigenvalue weighted by atomic mass is 10.0. The molecule has 0 bridgehead atoms. The quantitative estimate of drug-likeness (QED) is 0.218. The highest BCUT2D eigenvalue weighted by Gasteiger charge is 2.23. The molecule has 0 radical (unpaired) electrons. The summed E-state index contributed by atoms with van der Waals surface area (Å²) in [7, 11) is 0. The van der Waals surface area contributed by atoms with E-state index in [9.17, 15) is 10.4 Å². The number of fused-ring (bicyclic) bond motifs is 1. The van der Waals surface area contributed by atoms with Crippen LogP contribution in [0.25, 0.3) is 10.9 Å². The maximum absolute atomic E-state index is 10.1. The summed E-state index contributed by atoms with van der Waals surface area (Å²) in [6.45, 7) is -0.168. The summed E-state index contributed by atoms with van der Waals surface area (Å²) in [6.07, 6.45) is 6.15. The highest BCUT2D eigenvalue weighted by Crippen LogP contribution is 2.36. The first-order valence-corrected chi connectivity index (χ1v) is 11.1. The minimum Gasteiger partial charge on any atom is -0.451 e. The second-order valence-electron chi connectivity index (χ2n) is 7.79. The number of pyridine rings is 1. The van der Waals surface area contributed by atoms with Crippen LogP contribution >= 0.6 is 11.6 Å². The third kappa shape index (κ3) is 4.56. The van der Waals surface area contributed by atoms with E-state index in [0.717, 1.165) is 11.3 Å². The van der Waals surface area contributed by atoms with E-state index in [0.29, 0.717) is 38.6 Å². The molecule has 5 rings (SSSR count). The minimum absolute atomic E-state index is 0.168. The van der Waals surface area contributed by atoms with E-state index in [1.54, 1.807) is 18.5 Å². The lowest BCUT2D eigenvalue weighted by Crippen LogP contribution is -2.34. The van der Waals surface area contributed by atoms with Gasteiger partial charge in [0.1, 0.15) is 24.1 Å². The lowest BCUT2D eigenvalue weighted by Gasteiger charge is -2.22. The van der Waals surface area contributed by atoms with Gasteiger partial charge in [0.05, 0.1) is 40.1 Å². The van der Waals surface area contributed by atoms with Crippen molar-refractivity contribution < 1.29 is 9.52 Å². The molecule has 0 saturated carbocycles. The molecule has 2 aromatic carbocycles. The lowest BCUT2D eigenvalue weighted by molar-refractivity contribution is 0.276. The molecule has 0 amide bonds. The predicted octanol–water partition coefficient (Wildman–Crippen LogP) is 3.50. The van der Waals surface area contributed by atoms with Crippen LogP contribution in [0.4, 0.5) is 11.4 Å². The number of hydrogen-bond donors (Lipinski definition) is 6. The first kappa shape index (κ1) is 22.5. The number of aromatic nitrogens is 2. The molecule has 1 unspecified atom stereocenters. The van der Waals surface area contributed by atoms with Gasteiger partial charge in [0, 0.05) is 23.5 Å². The maximum atomic E-state index is 10.1. The molecule has 10 nitrogen and oxygen atoms in total. The van der Waals surface area contributed by atoms with Gasteiger partial charge in [-0.1, -0.05) is 41.9 Å². The fourth-order valence-corrected chi connectivity index (χ4v) is 4.20. The summed E-state index contributed by atoms with van der Waals surface area (Å²) in [5, 5.41) is 27.7. The van der Waals surface area contributed by atoms with E-state index in [1.807, 2.05) is 36.4 Å². The van der Waals surface area contributed by atoms with Crippen LogP contribution in [0.2, 0.25) is 5.02 Å². The third-order valence-corrected chi connectivity index (χ3v) is 5.91. The van der Waals surface area contributed by atoms with Gasteiger partial charge < -0.3 is 31.0 Å². The molecular formula is C24H21ClN8O2. The fourth-order valence-electron chi connectivity index (χ4n) is 3.93. The summed E-state index contributed by atoms with van der Waals surface area (Å²) in [6, 6.07) is 14.5. The molecule has 1 aliphatic heterocycles. The molecule has 6 N–H and O–H groups in total. The van der Waals surface area contributed by atoms with Crippen molar-refractivity contribution in [2.75, 3.05) is 17.2 Å². The summed E-state index contributed by atoms with van der Waals surface area (Å²) < 4.78 is 5.18. The number of anilines is 2. The van der Waals surface area contributed by atoms with Crippen LogP contribution in [-0.2, 0) is 0 Å². The number of aliphatic hydroxyl groups excluding tert-OH is 1. The van der Waals surface area contributed by atoms with Crippen molar-refractivity contribution in [3.8, 4) is 6.07 Å². The second kappa shape index (κ2) is 9.90. The normalized spacial score (nSPS) is 14.4. The fraction of sp³-hybridized carbons (Fsp3) is 0.125. The van der Waals surface area contributed by atoms with Crippen LogP contribution < -0.4 is 27.0 Å². The Morgan fingerprint density at radius 3 is 2.71 bits per heavy atom. The number of nitriles is 1. The second-order valence-corrected chi connectivity index (χ2v) is 8.19. The molecule has 0 spiro atoms. The molecule has 35 heavy (non-hydrogen) atoms. The van der Waals surface area contributed by atoms with Crippen LogP contribution in [0.15, 0.2) is 77.6 Å². The molecular weight excluding hydrogens is 468 g/mol. The molecule has 176 valence electrons. The highest BCUT2D eigenvalue weighted by atomic mass is 35.5. The Morgan fingerprint density at radius 2 is 2.03 bits per heavy atom. The summed E-state index contributed by atoms with van der Waals surface area (Å²) in [5.41, 5.74) is 13.1. The van der Waals surface area contributed by atoms with Gasteiger partial charge >= 0.3 is 0 Å². The van der Waals surface area contributed by atoms with Crippen LogP contribution in [0, 0.1) is 11.3 Å². The van der Waals surface area contributed by atoms with E-state index in [4.69, 9.17) is 16.0 Å². The van der Waals surface area contributed by atoms with Crippen molar-refractivity contribution in [1.29, 1.82) is 5.26 Å². The average molecular weight is 489 g/mol. The Morgan fingerprint density at radius 1 is 1.17 bits per heavy atom. The zero-order valence-electron chi connectivity index (χ0n) is 18.3. The van der Waals surface area contributed by atoms with Crippen molar-refractivity contribution in [2.24, 2.45) is 0 Å². The number of aliphatic hydroxyl groups is 1. The van der Waals surface area contributed by atoms with Gasteiger partial charge in [-0.15, -0.1) is 0 Å². The van der Waals surface area contributed by atoms with Gasteiger partial charge in [-0.05, 0) is 17.7 Å². The molecule has 4 aromatic rings. The SMILES string of the molecule is N#Cc1cnc2c(Cl)cc(N[C@H](C3=CNNN3)c3cocn3)cc2c1NC(CO)c1ccccc1. The Hall–Kier alpha value is -4.30. The van der Waals surface area contributed by atoms with E-state index < -0.39 is 6.04 Å². The van der Waals surface area contributed by atoms with Gasteiger partial charge in [0.15, 0.2) is 6.39 Å². The molecule has 3 heterocycles. The number of nitrogens with zero attached hydrogens (tertiary/aromatic N) is 3. The summed E-state index contributed by atoms with van der Waals surface area (Å²) >= 11 is 6.63. The molecule has 2 atom stereocenters. The van der Waals surface area contributed by atoms with Gasteiger partial charge in [-0.2, -0.15) is 10.8 Å². The van der Waals surface area contributed by atoms with Crippen LogP contribution in [0.1, 0.15) is 28.9 Å². The monoisotopic (exact) mass is 488 g/mol. The van der Waals surface area contributed by atoms with E-state index >= 15 is 0 Å². The van der Waals surface area contributed by atoms with Gasteiger partial charge in [-0.25, -0.2) is 4.98 Å². The van der Waals surface area contributed by atoms with Crippen molar-refractivity contribution in [3.63, 3.8) is 0 Å². The number of halogens is 1. The number of oxazole rings is 1. The Balaban J connectivity index is 1.58. The molecule has 0 aliphatic carbocycles. The number of rotatable bonds is 8. The molecule has 0 fully saturated rings. The van der Waals surface area contributed by atoms with Crippen molar-refractivity contribution >= 4 is 33.9 Å². The molecule has 1 aliphatic rings. The van der Waals surface area contributed by atoms with Crippen LogP contribution in [0.3, 0.4) is 0 Å². The standard InChI is InChI=1S/C24H21ClN8O2/c25-18-7-16(30-24(19-10-29-33-32-19)21-12-35-13-28-21)6-17-22(15(8-26)9-27-23(17)18)31-20(11-34)14-4-2-1-3-5-14/h1-7,9-10,12-13,20,24,29-30,32-34H,11H2,(H,27,31)/t20?,24-/m1/s1. The first-order chi connectivity index (χ1) is 17.2. The van der Waals surface area contributed by atoms with E-state index in [-0.39, 0.29) is 12.6 Å². The van der Waals surface area contributed by atoms with Crippen molar-refractivity contribution in [3.05, 3.63) is 95.1 Å². The summed E-state index contributed by atoms with van der Waals surface area (Å²) in [5.74, 6) is 0. The molecule has 11 heteroatoms. The average Bonchev–Trinajstić information content (AvgIpc) is 3.61. The van der Waals surface area contributed by atoms with Crippen LogP contribution in [-0.4, -0.2) is 21.7 Å². The van der Waals surface area contributed by atoms with Gasteiger partial charge in [0.2, 0.25) is 0 Å². The zero-order chi connectivity index (χ0) is 24.2. The van der Waals surface area contributed by atoms with Crippen molar-refractivity contribution in [2.45, 2.75) is 12.1 Å². The van der Waals surface area contributed by atoms with Gasteiger partial charge in [-0.3, -0.25) is 4.98 Å². The van der Waals surface area contributed by atoms with Crippen LogP contribution in [0.5, 0.6) is 0 Å². The highest BCUT2D eigenvalue weighted by molar-refractivity contribution is 6.35. The smallest absolute Gasteiger partial charge is 0.180 e. The largest absolute Gasteiger partial charge is 0.451 e. The number of hydrogen-bond acceptors (Lipinski definition) is 10. The number of hydrazine groups is 2. The number of benzene rings is 2. The Kier molecular flexibility index (Phi) is 6.36. The zero-order valence-corrected chi connectivity index (χ0v) is 19.0. The topological polar surface area (TPSA) is 143 Å².